The Morgan fingerprint density at radius 2 is 2.42 bits per heavy atom. The Morgan fingerprint density at radius 3 is 3.29 bits per heavy atom. The second kappa shape index (κ2) is 5.90. The number of carbonyl (C=O) groups excluding carboxylic acids is 1. The van der Waals surface area contributed by atoms with Crippen LogP contribution in [0.5, 0.6) is 0 Å². The highest BCUT2D eigenvalue weighted by Crippen LogP contribution is 2.33. The Hall–Kier alpha value is -2.99. The van der Waals surface area contributed by atoms with Gasteiger partial charge < -0.3 is 15.2 Å². The van der Waals surface area contributed by atoms with Gasteiger partial charge in [0.1, 0.15) is 24.2 Å². The minimum absolute atomic E-state index is 0.114. The molecule has 0 bridgehead atoms. The van der Waals surface area contributed by atoms with E-state index in [-0.39, 0.29) is 18.4 Å². The van der Waals surface area contributed by atoms with Crippen LogP contribution in [-0.4, -0.2) is 37.3 Å². The highest BCUT2D eigenvalue weighted by molar-refractivity contribution is 7.09. The van der Waals surface area contributed by atoms with Crippen LogP contribution in [-0.2, 0) is 11.3 Å². The minimum atomic E-state index is -0.183. The minimum Gasteiger partial charge on any atom is -0.360 e. The first-order valence-electron chi connectivity index (χ1n) is 7.38. The maximum atomic E-state index is 12.1. The summed E-state index contributed by atoms with van der Waals surface area (Å²) < 4.78 is 0. The van der Waals surface area contributed by atoms with Gasteiger partial charge >= 0.3 is 0 Å². The van der Waals surface area contributed by atoms with Crippen LogP contribution in [0.2, 0.25) is 0 Å². The number of amides is 1. The molecule has 1 amide bonds. The molecule has 1 unspecified atom stereocenters. The molecule has 1 aliphatic heterocycles. The molecule has 1 aliphatic rings. The smallest absolute Gasteiger partial charge is 0.237 e. The molecule has 0 saturated carbocycles. The first-order chi connectivity index (χ1) is 11.8. The zero-order chi connectivity index (χ0) is 16.5. The summed E-state index contributed by atoms with van der Waals surface area (Å²) in [5.74, 6) is 0.526. The van der Waals surface area contributed by atoms with Crippen molar-refractivity contribution in [1.82, 2.24) is 24.8 Å². The molecule has 0 saturated heterocycles. The van der Waals surface area contributed by atoms with Gasteiger partial charge in [0, 0.05) is 12.7 Å². The molecule has 0 radical (unpaired) electrons. The van der Waals surface area contributed by atoms with Crippen molar-refractivity contribution in [3.05, 3.63) is 34.7 Å². The molecule has 120 valence electrons. The second-order valence-electron chi connectivity index (χ2n) is 5.43. The van der Waals surface area contributed by atoms with Crippen molar-refractivity contribution in [2.24, 2.45) is 0 Å². The zero-order valence-electron chi connectivity index (χ0n) is 12.6. The van der Waals surface area contributed by atoms with Crippen LogP contribution in [0.15, 0.2) is 24.1 Å². The van der Waals surface area contributed by atoms with Crippen molar-refractivity contribution >= 4 is 34.1 Å². The standard InChI is InChI=1S/C15H13N7OS/c16-3-1-12(23)22-5-10-13(24-8-20-10)11(6-22)21-15-9-2-4-17-14(9)18-7-19-15/h2,4,7-8,11H,1,5-6H2,(H2,17,18,19,21). The summed E-state index contributed by atoms with van der Waals surface area (Å²) in [6, 6.07) is 3.71. The van der Waals surface area contributed by atoms with Gasteiger partial charge in [-0.15, -0.1) is 11.3 Å². The van der Waals surface area contributed by atoms with E-state index in [1.165, 1.54) is 6.33 Å². The van der Waals surface area contributed by atoms with Crippen molar-refractivity contribution in [3.8, 4) is 6.07 Å². The number of nitrogens with one attached hydrogen (secondary N) is 2. The molecule has 9 heteroatoms. The van der Waals surface area contributed by atoms with Crippen molar-refractivity contribution < 1.29 is 4.79 Å². The van der Waals surface area contributed by atoms with Crippen LogP contribution in [0.25, 0.3) is 11.0 Å². The lowest BCUT2D eigenvalue weighted by molar-refractivity contribution is -0.131. The molecule has 0 aromatic carbocycles. The maximum absolute atomic E-state index is 12.1. The lowest BCUT2D eigenvalue weighted by Gasteiger charge is -2.32. The lowest BCUT2D eigenvalue weighted by atomic mass is 10.1. The fourth-order valence-corrected chi connectivity index (χ4v) is 3.71. The van der Waals surface area contributed by atoms with Crippen LogP contribution < -0.4 is 5.32 Å². The van der Waals surface area contributed by atoms with E-state index in [9.17, 15) is 4.79 Å². The predicted octanol–water partition coefficient (Wildman–Crippen LogP) is 1.82. The summed E-state index contributed by atoms with van der Waals surface area (Å²) in [6.07, 6.45) is 3.18. The third-order valence-electron chi connectivity index (χ3n) is 3.98. The van der Waals surface area contributed by atoms with Crippen molar-refractivity contribution in [2.75, 3.05) is 11.9 Å². The number of anilines is 1. The van der Waals surface area contributed by atoms with E-state index in [0.717, 1.165) is 21.6 Å². The number of fused-ring (bicyclic) bond motifs is 2. The first kappa shape index (κ1) is 14.6. The molecule has 1 atom stereocenters. The average Bonchev–Trinajstić information content (AvgIpc) is 3.24. The molecule has 0 fully saturated rings. The third kappa shape index (κ3) is 2.47. The monoisotopic (exact) mass is 339 g/mol. The number of nitrogens with zero attached hydrogens (tertiary/aromatic N) is 5. The molecule has 2 N–H and O–H groups in total. The van der Waals surface area contributed by atoms with Crippen molar-refractivity contribution in [1.29, 1.82) is 5.26 Å². The Kier molecular flexibility index (Phi) is 3.59. The van der Waals surface area contributed by atoms with Gasteiger partial charge in [0.2, 0.25) is 5.91 Å². The highest BCUT2D eigenvalue weighted by atomic mass is 32.1. The van der Waals surface area contributed by atoms with Crippen LogP contribution in [0.4, 0.5) is 5.82 Å². The number of rotatable bonds is 3. The molecule has 24 heavy (non-hydrogen) atoms. The van der Waals surface area contributed by atoms with Crippen LogP contribution >= 0.6 is 11.3 Å². The van der Waals surface area contributed by atoms with Gasteiger partial charge in [-0.05, 0) is 6.07 Å². The van der Waals surface area contributed by atoms with E-state index in [2.05, 4.69) is 25.3 Å². The second-order valence-corrected chi connectivity index (χ2v) is 6.32. The summed E-state index contributed by atoms with van der Waals surface area (Å²) in [5, 5.41) is 13.1. The topological polar surface area (TPSA) is 111 Å². The SMILES string of the molecule is N#CCC(=O)N1Cc2ncsc2C(Nc2ncnc3[nH]ccc23)C1. The Morgan fingerprint density at radius 1 is 1.50 bits per heavy atom. The summed E-state index contributed by atoms with van der Waals surface area (Å²) in [5.41, 5.74) is 3.41. The molecule has 8 nitrogen and oxygen atoms in total. The summed E-state index contributed by atoms with van der Waals surface area (Å²) in [6.45, 7) is 0.923. The van der Waals surface area contributed by atoms with Gasteiger partial charge in [-0.2, -0.15) is 5.26 Å². The van der Waals surface area contributed by atoms with Gasteiger partial charge in [0.05, 0.1) is 40.1 Å². The molecule has 0 spiro atoms. The van der Waals surface area contributed by atoms with Crippen LogP contribution in [0, 0.1) is 11.3 Å². The van der Waals surface area contributed by atoms with E-state index in [0.29, 0.717) is 18.9 Å². The molecular weight excluding hydrogens is 326 g/mol. The van der Waals surface area contributed by atoms with E-state index < -0.39 is 0 Å². The average molecular weight is 339 g/mol. The molecule has 4 rings (SSSR count). The van der Waals surface area contributed by atoms with Crippen LogP contribution in [0.1, 0.15) is 23.0 Å². The number of thiazole rings is 1. The summed E-state index contributed by atoms with van der Waals surface area (Å²) >= 11 is 1.56. The summed E-state index contributed by atoms with van der Waals surface area (Å²) in [7, 11) is 0. The van der Waals surface area contributed by atoms with Gasteiger partial charge in [-0.3, -0.25) is 4.79 Å². The third-order valence-corrected chi connectivity index (χ3v) is 4.97. The number of aromatic amines is 1. The molecular formula is C15H13N7OS. The predicted molar refractivity (Wildman–Crippen MR) is 88.0 cm³/mol. The number of H-pyrrole nitrogens is 1. The Bertz CT molecular complexity index is 941. The largest absolute Gasteiger partial charge is 0.360 e. The van der Waals surface area contributed by atoms with Crippen molar-refractivity contribution in [2.45, 2.75) is 19.0 Å². The number of aromatic nitrogens is 4. The summed E-state index contributed by atoms with van der Waals surface area (Å²) in [4.78, 5) is 30.8. The molecule has 3 aromatic heterocycles. The van der Waals surface area contributed by atoms with Gasteiger partial charge in [0.25, 0.3) is 0 Å². The van der Waals surface area contributed by atoms with E-state index in [1.807, 2.05) is 18.3 Å². The van der Waals surface area contributed by atoms with Crippen molar-refractivity contribution in [3.63, 3.8) is 0 Å². The Balaban J connectivity index is 1.66. The molecule has 0 aliphatic carbocycles. The van der Waals surface area contributed by atoms with E-state index in [4.69, 9.17) is 5.26 Å². The fraction of sp³-hybridized carbons (Fsp3) is 0.267. The number of hydrogen-bond acceptors (Lipinski definition) is 7. The maximum Gasteiger partial charge on any atom is 0.237 e. The number of carbonyl (C=O) groups is 1. The molecule has 3 aromatic rings. The van der Waals surface area contributed by atoms with E-state index in [1.54, 1.807) is 21.7 Å². The van der Waals surface area contributed by atoms with E-state index >= 15 is 0 Å². The first-order valence-corrected chi connectivity index (χ1v) is 8.26. The Labute approximate surface area is 141 Å². The molecule has 4 heterocycles. The van der Waals surface area contributed by atoms with Gasteiger partial charge in [-0.1, -0.05) is 0 Å². The number of hydrogen-bond donors (Lipinski definition) is 2. The quantitative estimate of drug-likeness (QED) is 0.753. The zero-order valence-corrected chi connectivity index (χ0v) is 13.4. The van der Waals surface area contributed by atoms with Crippen LogP contribution in [0.3, 0.4) is 0 Å². The normalized spacial score (nSPS) is 16.6. The fourth-order valence-electron chi connectivity index (χ4n) is 2.86. The lowest BCUT2D eigenvalue weighted by Crippen LogP contribution is -2.40. The highest BCUT2D eigenvalue weighted by Gasteiger charge is 2.30. The van der Waals surface area contributed by atoms with Gasteiger partial charge in [0.15, 0.2) is 0 Å². The van der Waals surface area contributed by atoms with Gasteiger partial charge in [-0.25, -0.2) is 15.0 Å². The number of nitriles is 1.